The van der Waals surface area contributed by atoms with Gasteiger partial charge < -0.3 is 14.8 Å². The fourth-order valence-electron chi connectivity index (χ4n) is 2.48. The maximum atomic E-state index is 12.6. The highest BCUT2D eigenvalue weighted by atomic mass is 35.5. The van der Waals surface area contributed by atoms with Crippen LogP contribution in [0.2, 0.25) is 5.02 Å². The van der Waals surface area contributed by atoms with Crippen molar-refractivity contribution < 1.29 is 4.79 Å². The third-order valence-electron chi connectivity index (χ3n) is 3.39. The largest absolute Gasteiger partial charge is 0.345 e. The van der Waals surface area contributed by atoms with Gasteiger partial charge in [0.25, 0.3) is 5.91 Å². The summed E-state index contributed by atoms with van der Waals surface area (Å²) in [5.41, 5.74) is 0.667. The van der Waals surface area contributed by atoms with Crippen molar-refractivity contribution in [1.82, 2.24) is 14.8 Å². The Labute approximate surface area is 125 Å². The molecule has 1 saturated heterocycles. The van der Waals surface area contributed by atoms with Crippen LogP contribution in [0, 0.1) is 0 Å². The molecule has 1 aromatic heterocycles. The van der Waals surface area contributed by atoms with Gasteiger partial charge in [0.05, 0.1) is 5.02 Å². The maximum Gasteiger partial charge on any atom is 0.270 e. The average molecular weight is 306 g/mol. The van der Waals surface area contributed by atoms with Crippen LogP contribution >= 0.6 is 24.0 Å². The molecule has 1 aliphatic heterocycles. The van der Waals surface area contributed by atoms with Crippen molar-refractivity contribution in [2.75, 3.05) is 19.6 Å². The molecule has 1 fully saturated rings. The Kier molecular flexibility index (Phi) is 6.17. The number of nitrogens with zero attached hydrogens (tertiary/aromatic N) is 2. The van der Waals surface area contributed by atoms with E-state index in [2.05, 4.69) is 12.2 Å². The monoisotopic (exact) mass is 305 g/mol. The molecule has 0 radical (unpaired) electrons. The highest BCUT2D eigenvalue weighted by Crippen LogP contribution is 2.18. The zero-order valence-corrected chi connectivity index (χ0v) is 12.9. The van der Waals surface area contributed by atoms with Crippen LogP contribution in [0.25, 0.3) is 0 Å². The lowest BCUT2D eigenvalue weighted by molar-refractivity contribution is 0.0682. The first-order valence-corrected chi connectivity index (χ1v) is 6.84. The lowest BCUT2D eigenvalue weighted by Crippen LogP contribution is -2.42. The molecule has 2 heterocycles. The predicted molar refractivity (Wildman–Crippen MR) is 80.3 cm³/mol. The molecule has 1 amide bonds. The van der Waals surface area contributed by atoms with Crippen molar-refractivity contribution in [3.63, 3.8) is 0 Å². The first kappa shape index (κ1) is 16.3. The second-order valence-electron chi connectivity index (χ2n) is 4.80. The van der Waals surface area contributed by atoms with Crippen LogP contribution in [-0.2, 0) is 7.05 Å². The summed E-state index contributed by atoms with van der Waals surface area (Å²) in [5, 5.41) is 3.92. The number of halogens is 2. The number of nitrogens with one attached hydrogen (secondary N) is 1. The molecule has 4 nitrogen and oxygen atoms in total. The molecule has 1 N–H and O–H groups in total. The number of aromatic nitrogens is 1. The van der Waals surface area contributed by atoms with Crippen LogP contribution < -0.4 is 5.32 Å². The van der Waals surface area contributed by atoms with Gasteiger partial charge in [0.2, 0.25) is 0 Å². The first-order valence-electron chi connectivity index (χ1n) is 6.47. The molecule has 0 aromatic carbocycles. The van der Waals surface area contributed by atoms with Gasteiger partial charge in [0.1, 0.15) is 5.69 Å². The van der Waals surface area contributed by atoms with Crippen molar-refractivity contribution in [2.24, 2.45) is 7.05 Å². The smallest absolute Gasteiger partial charge is 0.270 e. The highest BCUT2D eigenvalue weighted by Gasteiger charge is 2.27. The number of carbonyl (C=O) groups is 1. The van der Waals surface area contributed by atoms with Crippen LogP contribution in [0.1, 0.15) is 30.3 Å². The van der Waals surface area contributed by atoms with Crippen molar-refractivity contribution in [3.8, 4) is 0 Å². The van der Waals surface area contributed by atoms with Crippen molar-refractivity contribution >= 4 is 29.9 Å². The number of hydrogen-bond acceptors (Lipinski definition) is 2. The summed E-state index contributed by atoms with van der Waals surface area (Å²) < 4.78 is 1.80. The van der Waals surface area contributed by atoms with E-state index >= 15 is 0 Å². The van der Waals surface area contributed by atoms with E-state index in [-0.39, 0.29) is 18.3 Å². The van der Waals surface area contributed by atoms with Gasteiger partial charge in [-0.3, -0.25) is 4.79 Å². The summed E-state index contributed by atoms with van der Waals surface area (Å²) in [6.07, 6.45) is 3.77. The van der Waals surface area contributed by atoms with Crippen LogP contribution in [0.5, 0.6) is 0 Å². The molecular formula is C13H21Cl2N3O. The zero-order chi connectivity index (χ0) is 13.1. The molecule has 0 spiro atoms. The molecule has 1 aliphatic rings. The summed E-state index contributed by atoms with van der Waals surface area (Å²) in [4.78, 5) is 14.6. The minimum Gasteiger partial charge on any atom is -0.345 e. The maximum absolute atomic E-state index is 12.6. The lowest BCUT2D eigenvalue weighted by atomic mass is 10.2. The normalized spacial score (nSPS) is 18.2. The van der Waals surface area contributed by atoms with E-state index in [0.29, 0.717) is 16.8 Å². The Bertz CT molecular complexity index is 428. The third kappa shape index (κ3) is 3.65. The Balaban J connectivity index is 0.00000180. The van der Waals surface area contributed by atoms with E-state index in [0.717, 1.165) is 32.5 Å². The van der Waals surface area contributed by atoms with Crippen molar-refractivity contribution in [1.29, 1.82) is 0 Å². The lowest BCUT2D eigenvalue weighted by Gasteiger charge is -2.28. The molecule has 0 bridgehead atoms. The van der Waals surface area contributed by atoms with E-state index in [1.165, 1.54) is 0 Å². The SMILES string of the molecule is CCCN(C(=O)c1cc(Cl)cn1C)C1CCNC1.Cl. The quantitative estimate of drug-likeness (QED) is 0.927. The van der Waals surface area contributed by atoms with E-state index < -0.39 is 0 Å². The second-order valence-corrected chi connectivity index (χ2v) is 5.24. The van der Waals surface area contributed by atoms with Gasteiger partial charge in [-0.05, 0) is 25.5 Å². The Morgan fingerprint density at radius 3 is 2.84 bits per heavy atom. The van der Waals surface area contributed by atoms with E-state index in [9.17, 15) is 4.79 Å². The fraction of sp³-hybridized carbons (Fsp3) is 0.615. The van der Waals surface area contributed by atoms with E-state index in [1.807, 2.05) is 11.9 Å². The number of amides is 1. The Morgan fingerprint density at radius 2 is 2.37 bits per heavy atom. The molecule has 108 valence electrons. The molecular weight excluding hydrogens is 285 g/mol. The summed E-state index contributed by atoms with van der Waals surface area (Å²) in [6.45, 7) is 4.78. The highest BCUT2D eigenvalue weighted by molar-refractivity contribution is 6.31. The van der Waals surface area contributed by atoms with Crippen molar-refractivity contribution in [2.45, 2.75) is 25.8 Å². The Morgan fingerprint density at radius 1 is 1.63 bits per heavy atom. The van der Waals surface area contributed by atoms with E-state index in [1.54, 1.807) is 16.8 Å². The summed E-state index contributed by atoms with van der Waals surface area (Å²) in [7, 11) is 1.86. The van der Waals surface area contributed by atoms with Gasteiger partial charge >= 0.3 is 0 Å². The summed E-state index contributed by atoms with van der Waals surface area (Å²) in [5.74, 6) is 0.0833. The van der Waals surface area contributed by atoms with Gasteiger partial charge in [0.15, 0.2) is 0 Å². The van der Waals surface area contributed by atoms with Gasteiger partial charge in [0, 0.05) is 32.4 Å². The van der Waals surface area contributed by atoms with Crippen LogP contribution in [0.4, 0.5) is 0 Å². The average Bonchev–Trinajstić information content (AvgIpc) is 2.95. The van der Waals surface area contributed by atoms with Gasteiger partial charge in [-0.15, -0.1) is 12.4 Å². The van der Waals surface area contributed by atoms with Crippen LogP contribution in [-0.4, -0.2) is 41.1 Å². The first-order chi connectivity index (χ1) is 8.63. The molecule has 0 aliphatic carbocycles. The zero-order valence-electron chi connectivity index (χ0n) is 11.4. The van der Waals surface area contributed by atoms with E-state index in [4.69, 9.17) is 11.6 Å². The van der Waals surface area contributed by atoms with Crippen molar-refractivity contribution in [3.05, 3.63) is 23.0 Å². The molecule has 19 heavy (non-hydrogen) atoms. The standard InChI is InChI=1S/C13H20ClN3O.ClH/c1-3-6-17(11-4-5-15-8-11)13(18)12-7-10(14)9-16(12)2;/h7,9,11,15H,3-6,8H2,1-2H3;1H. The Hall–Kier alpha value is -0.710. The summed E-state index contributed by atoms with van der Waals surface area (Å²) in [6, 6.07) is 2.06. The number of aryl methyl sites for hydroxylation is 1. The second kappa shape index (κ2) is 7.17. The number of hydrogen-bond donors (Lipinski definition) is 1. The molecule has 6 heteroatoms. The van der Waals surface area contributed by atoms with Gasteiger partial charge in [-0.25, -0.2) is 0 Å². The van der Waals surface area contributed by atoms with Gasteiger partial charge in [-0.1, -0.05) is 18.5 Å². The molecule has 0 saturated carbocycles. The third-order valence-corrected chi connectivity index (χ3v) is 3.60. The topological polar surface area (TPSA) is 37.3 Å². The number of rotatable bonds is 4. The van der Waals surface area contributed by atoms with Crippen LogP contribution in [0.3, 0.4) is 0 Å². The summed E-state index contributed by atoms with van der Waals surface area (Å²) >= 11 is 5.95. The van der Waals surface area contributed by atoms with Gasteiger partial charge in [-0.2, -0.15) is 0 Å². The molecule has 1 aromatic rings. The minimum absolute atomic E-state index is 0. The predicted octanol–water partition coefficient (Wildman–Crippen LogP) is 2.31. The van der Waals surface area contributed by atoms with Crippen LogP contribution in [0.15, 0.2) is 12.3 Å². The molecule has 2 rings (SSSR count). The number of carbonyl (C=O) groups excluding carboxylic acids is 1. The fourth-order valence-corrected chi connectivity index (χ4v) is 2.73. The molecule has 1 atom stereocenters. The molecule has 1 unspecified atom stereocenters. The minimum atomic E-state index is 0.